The van der Waals surface area contributed by atoms with Crippen molar-refractivity contribution in [2.24, 2.45) is 0 Å². The van der Waals surface area contributed by atoms with Gasteiger partial charge in [0, 0.05) is 10.0 Å². The van der Waals surface area contributed by atoms with Crippen LogP contribution in [0.25, 0.3) is 10.6 Å². The van der Waals surface area contributed by atoms with E-state index in [9.17, 15) is 9.59 Å². The lowest BCUT2D eigenvalue weighted by atomic mass is 10.2. The fraction of sp³-hybridized carbons (Fsp3) is 0.150. The van der Waals surface area contributed by atoms with Crippen LogP contribution in [0.5, 0.6) is 5.75 Å². The van der Waals surface area contributed by atoms with Crippen molar-refractivity contribution in [1.29, 1.82) is 0 Å². The van der Waals surface area contributed by atoms with Crippen LogP contribution in [0.3, 0.4) is 0 Å². The monoisotopic (exact) mass is 459 g/mol. The Morgan fingerprint density at radius 3 is 2.43 bits per heavy atom. The second-order valence-corrected chi connectivity index (χ2v) is 7.63. The summed E-state index contributed by atoms with van der Waals surface area (Å²) in [5.74, 6) is -0.0328. The van der Waals surface area contributed by atoms with Crippen LogP contribution < -0.4 is 15.6 Å². The van der Waals surface area contributed by atoms with Crippen molar-refractivity contribution in [2.75, 3.05) is 6.61 Å². The molecule has 0 saturated carbocycles. The van der Waals surface area contributed by atoms with Crippen molar-refractivity contribution in [3.63, 3.8) is 0 Å². The molecule has 0 bridgehead atoms. The number of rotatable bonds is 5. The van der Waals surface area contributed by atoms with Crippen LogP contribution in [-0.4, -0.2) is 23.4 Å². The Balaban J connectivity index is 1.69. The van der Waals surface area contributed by atoms with Crippen molar-refractivity contribution in [3.05, 3.63) is 69.1 Å². The smallest absolute Gasteiger partial charge is 0.281 e. The highest BCUT2D eigenvalue weighted by Gasteiger charge is 2.17. The van der Waals surface area contributed by atoms with Gasteiger partial charge in [0.05, 0.1) is 17.9 Å². The number of nitrogens with zero attached hydrogens (tertiary/aromatic N) is 1. The summed E-state index contributed by atoms with van der Waals surface area (Å²) >= 11 is 4.58. The molecular weight excluding hydrogens is 442 g/mol. The SMILES string of the molecule is CCOc1ccc(-c2nc(C)c(C(=O)NNC(=O)c3ccccc3Br)s2)cc1. The van der Waals surface area contributed by atoms with Gasteiger partial charge in [0.1, 0.15) is 15.6 Å². The fourth-order valence-electron chi connectivity index (χ4n) is 2.47. The molecule has 0 unspecified atom stereocenters. The molecule has 28 heavy (non-hydrogen) atoms. The van der Waals surface area contributed by atoms with Gasteiger partial charge in [-0.15, -0.1) is 11.3 Å². The molecule has 8 heteroatoms. The van der Waals surface area contributed by atoms with Gasteiger partial charge in [0.2, 0.25) is 0 Å². The molecule has 2 aromatic carbocycles. The Kier molecular flexibility index (Phi) is 6.43. The van der Waals surface area contributed by atoms with Gasteiger partial charge < -0.3 is 4.74 Å². The highest BCUT2D eigenvalue weighted by molar-refractivity contribution is 9.10. The minimum absolute atomic E-state index is 0.408. The molecule has 0 spiro atoms. The Hall–Kier alpha value is -2.71. The van der Waals surface area contributed by atoms with E-state index in [1.165, 1.54) is 11.3 Å². The lowest BCUT2D eigenvalue weighted by Gasteiger charge is -2.07. The minimum Gasteiger partial charge on any atom is -0.494 e. The van der Waals surface area contributed by atoms with E-state index < -0.39 is 11.8 Å². The summed E-state index contributed by atoms with van der Waals surface area (Å²) < 4.78 is 6.09. The molecule has 0 aliphatic heterocycles. The number of amides is 2. The molecule has 3 rings (SSSR count). The third-order valence-electron chi connectivity index (χ3n) is 3.82. The van der Waals surface area contributed by atoms with Crippen molar-refractivity contribution in [2.45, 2.75) is 13.8 Å². The van der Waals surface area contributed by atoms with Crippen molar-refractivity contribution < 1.29 is 14.3 Å². The van der Waals surface area contributed by atoms with Crippen LogP contribution in [0, 0.1) is 6.92 Å². The summed E-state index contributed by atoms with van der Waals surface area (Å²) in [6.07, 6.45) is 0. The number of halogens is 1. The molecule has 0 radical (unpaired) electrons. The molecule has 1 heterocycles. The first-order valence-electron chi connectivity index (χ1n) is 8.55. The summed E-state index contributed by atoms with van der Waals surface area (Å²) in [6, 6.07) is 14.5. The van der Waals surface area contributed by atoms with Crippen LogP contribution >= 0.6 is 27.3 Å². The zero-order valence-electron chi connectivity index (χ0n) is 15.3. The molecule has 2 amide bonds. The number of carbonyl (C=O) groups excluding carboxylic acids is 2. The Labute approximate surface area is 175 Å². The van der Waals surface area contributed by atoms with Crippen LogP contribution in [0.15, 0.2) is 53.0 Å². The first kappa shape index (κ1) is 20.0. The van der Waals surface area contributed by atoms with Crippen molar-refractivity contribution in [3.8, 4) is 16.3 Å². The van der Waals surface area contributed by atoms with E-state index >= 15 is 0 Å². The second-order valence-electron chi connectivity index (χ2n) is 5.78. The normalized spacial score (nSPS) is 10.4. The third-order valence-corrected chi connectivity index (χ3v) is 5.72. The Morgan fingerprint density at radius 1 is 1.07 bits per heavy atom. The third kappa shape index (κ3) is 4.58. The van der Waals surface area contributed by atoms with Gasteiger partial charge in [-0.25, -0.2) is 4.98 Å². The van der Waals surface area contributed by atoms with E-state index in [1.807, 2.05) is 37.3 Å². The van der Waals surface area contributed by atoms with Crippen LogP contribution in [0.4, 0.5) is 0 Å². The lowest BCUT2D eigenvalue weighted by molar-refractivity contribution is 0.0848. The molecule has 0 atom stereocenters. The quantitative estimate of drug-likeness (QED) is 0.555. The van der Waals surface area contributed by atoms with E-state index in [-0.39, 0.29) is 0 Å². The number of aromatic nitrogens is 1. The number of hydrazine groups is 1. The first-order chi connectivity index (χ1) is 13.5. The number of nitrogens with one attached hydrogen (secondary N) is 2. The molecule has 0 aliphatic carbocycles. The maximum Gasteiger partial charge on any atom is 0.281 e. The number of benzene rings is 2. The largest absolute Gasteiger partial charge is 0.494 e. The van der Waals surface area contributed by atoms with E-state index in [1.54, 1.807) is 25.1 Å². The number of hydrogen-bond acceptors (Lipinski definition) is 5. The van der Waals surface area contributed by atoms with E-state index in [4.69, 9.17) is 4.74 Å². The standard InChI is InChI=1S/C20H18BrN3O3S/c1-3-27-14-10-8-13(9-11-14)20-22-12(2)17(28-20)19(26)24-23-18(25)15-6-4-5-7-16(15)21/h4-11H,3H2,1-2H3,(H,23,25)(H,24,26). The maximum absolute atomic E-state index is 12.5. The molecule has 6 nitrogen and oxygen atoms in total. The average Bonchev–Trinajstić information content (AvgIpc) is 3.09. The molecule has 0 saturated heterocycles. The molecule has 3 aromatic rings. The second kappa shape index (κ2) is 8.99. The minimum atomic E-state index is -0.410. The molecule has 2 N–H and O–H groups in total. The van der Waals surface area contributed by atoms with Gasteiger partial charge in [-0.3, -0.25) is 20.4 Å². The predicted octanol–water partition coefficient (Wildman–Crippen LogP) is 4.35. The average molecular weight is 460 g/mol. The van der Waals surface area contributed by atoms with Crippen LogP contribution in [-0.2, 0) is 0 Å². The highest BCUT2D eigenvalue weighted by Crippen LogP contribution is 2.29. The van der Waals surface area contributed by atoms with E-state index in [2.05, 4.69) is 31.8 Å². The van der Waals surface area contributed by atoms with Gasteiger partial charge in [-0.05, 0) is 66.2 Å². The number of ether oxygens (including phenoxy) is 1. The molecule has 0 aliphatic rings. The van der Waals surface area contributed by atoms with Crippen molar-refractivity contribution >= 4 is 39.1 Å². The van der Waals surface area contributed by atoms with Gasteiger partial charge in [0.25, 0.3) is 11.8 Å². The van der Waals surface area contributed by atoms with Gasteiger partial charge in [0.15, 0.2) is 0 Å². The molecule has 144 valence electrons. The lowest BCUT2D eigenvalue weighted by Crippen LogP contribution is -2.41. The predicted molar refractivity (Wildman–Crippen MR) is 113 cm³/mol. The Bertz CT molecular complexity index is 1000. The zero-order valence-corrected chi connectivity index (χ0v) is 17.7. The number of aryl methyl sites for hydroxylation is 1. The number of hydrogen-bond donors (Lipinski definition) is 2. The Morgan fingerprint density at radius 2 is 1.75 bits per heavy atom. The van der Waals surface area contributed by atoms with Gasteiger partial charge in [-0.1, -0.05) is 12.1 Å². The van der Waals surface area contributed by atoms with Crippen LogP contribution in [0.1, 0.15) is 32.6 Å². The molecule has 0 fully saturated rings. The summed E-state index contributed by atoms with van der Waals surface area (Å²) in [7, 11) is 0. The maximum atomic E-state index is 12.5. The van der Waals surface area contributed by atoms with Crippen LogP contribution in [0.2, 0.25) is 0 Å². The van der Waals surface area contributed by atoms with E-state index in [0.29, 0.717) is 27.2 Å². The molecule has 1 aromatic heterocycles. The molecular formula is C20H18BrN3O3S. The summed E-state index contributed by atoms with van der Waals surface area (Å²) in [5, 5.41) is 0.725. The highest BCUT2D eigenvalue weighted by atomic mass is 79.9. The van der Waals surface area contributed by atoms with Gasteiger partial charge in [-0.2, -0.15) is 0 Å². The van der Waals surface area contributed by atoms with Crippen molar-refractivity contribution in [1.82, 2.24) is 15.8 Å². The topological polar surface area (TPSA) is 80.3 Å². The summed E-state index contributed by atoms with van der Waals surface area (Å²) in [6.45, 7) is 4.29. The summed E-state index contributed by atoms with van der Waals surface area (Å²) in [5.41, 5.74) is 6.80. The fourth-order valence-corrected chi connectivity index (χ4v) is 3.91. The number of thiazole rings is 1. The van der Waals surface area contributed by atoms with E-state index in [0.717, 1.165) is 16.3 Å². The van der Waals surface area contributed by atoms with Gasteiger partial charge >= 0.3 is 0 Å². The summed E-state index contributed by atoms with van der Waals surface area (Å²) in [4.78, 5) is 29.6. The zero-order chi connectivity index (χ0) is 20.1. The number of carbonyl (C=O) groups is 2. The first-order valence-corrected chi connectivity index (χ1v) is 10.2.